The number of rotatable bonds is 13. The molecule has 1 aliphatic carbocycles. The van der Waals surface area contributed by atoms with Crippen molar-refractivity contribution in [2.24, 2.45) is 5.92 Å². The van der Waals surface area contributed by atoms with Crippen LogP contribution in [0.5, 0.6) is 11.5 Å². The van der Waals surface area contributed by atoms with E-state index >= 15 is 0 Å². The lowest BCUT2D eigenvalue weighted by Crippen LogP contribution is -2.36. The second kappa shape index (κ2) is 15.5. The third kappa shape index (κ3) is 9.05. The number of aromatic nitrogens is 1. The zero-order chi connectivity index (χ0) is 33.7. The number of amides is 2. The summed E-state index contributed by atoms with van der Waals surface area (Å²) >= 11 is 14.3. The van der Waals surface area contributed by atoms with Crippen molar-refractivity contribution < 1.29 is 37.4 Å². The zero-order valence-corrected chi connectivity index (χ0v) is 28.0. The van der Waals surface area contributed by atoms with Crippen LogP contribution in [0.25, 0.3) is 0 Å². The smallest absolute Gasteiger partial charge is 0.387 e. The number of benzene rings is 2. The molecule has 0 N–H and O–H groups in total. The van der Waals surface area contributed by atoms with E-state index in [0.717, 1.165) is 12.8 Å². The van der Waals surface area contributed by atoms with Crippen LogP contribution >= 0.6 is 35.0 Å². The highest BCUT2D eigenvalue weighted by atomic mass is 35.5. The van der Waals surface area contributed by atoms with Crippen LogP contribution < -0.4 is 9.47 Å². The van der Waals surface area contributed by atoms with Gasteiger partial charge in [0.1, 0.15) is 6.10 Å². The molecule has 3 aromatic rings. The van der Waals surface area contributed by atoms with Crippen molar-refractivity contribution in [3.8, 4) is 11.5 Å². The predicted molar refractivity (Wildman–Crippen MR) is 174 cm³/mol. The summed E-state index contributed by atoms with van der Waals surface area (Å²) in [6.45, 7) is -2.31. The average molecular weight is 709 g/mol. The number of esters is 1. The van der Waals surface area contributed by atoms with E-state index in [2.05, 4.69) is 9.72 Å². The van der Waals surface area contributed by atoms with E-state index in [9.17, 15) is 23.2 Å². The van der Waals surface area contributed by atoms with Gasteiger partial charge < -0.3 is 24.0 Å². The number of ether oxygens (including phenoxy) is 3. The number of halogens is 4. The molecule has 250 valence electrons. The van der Waals surface area contributed by atoms with E-state index in [4.69, 9.17) is 32.7 Å². The van der Waals surface area contributed by atoms with Gasteiger partial charge in [-0.2, -0.15) is 8.78 Å². The topological polar surface area (TPSA) is 98.3 Å². The SMILES string of the molecule is CN(C)C(=O)c1cccc(C(=O)N2CCSC2CC(=O)OC(Cc2c(Cl)cncc2Cl)c2ccc(OC(F)F)c(OCC3CC3)c2)c1. The van der Waals surface area contributed by atoms with Gasteiger partial charge in [0.05, 0.1) is 28.4 Å². The molecule has 2 fully saturated rings. The van der Waals surface area contributed by atoms with Gasteiger partial charge in [0.2, 0.25) is 0 Å². The van der Waals surface area contributed by atoms with E-state index in [1.165, 1.54) is 47.3 Å². The molecular formula is C33H33Cl2F2N3O6S. The maximum absolute atomic E-state index is 13.5. The number of hydrogen-bond donors (Lipinski definition) is 0. The largest absolute Gasteiger partial charge is 0.489 e. The molecule has 14 heteroatoms. The summed E-state index contributed by atoms with van der Waals surface area (Å²) in [6, 6.07) is 10.9. The summed E-state index contributed by atoms with van der Waals surface area (Å²) in [5.74, 6) is -0.224. The van der Waals surface area contributed by atoms with Gasteiger partial charge in [-0.1, -0.05) is 35.3 Å². The zero-order valence-electron chi connectivity index (χ0n) is 25.7. The summed E-state index contributed by atoms with van der Waals surface area (Å²) in [7, 11) is 3.26. The number of alkyl halides is 2. The molecule has 1 aliphatic heterocycles. The minimum atomic E-state index is -3.06. The first-order chi connectivity index (χ1) is 22.5. The van der Waals surface area contributed by atoms with Crippen molar-refractivity contribution in [1.29, 1.82) is 0 Å². The first-order valence-electron chi connectivity index (χ1n) is 14.9. The summed E-state index contributed by atoms with van der Waals surface area (Å²) in [4.78, 5) is 46.5. The molecular weight excluding hydrogens is 675 g/mol. The predicted octanol–water partition coefficient (Wildman–Crippen LogP) is 6.91. The van der Waals surface area contributed by atoms with Crippen molar-refractivity contribution in [2.75, 3.05) is 33.0 Å². The molecule has 0 bridgehead atoms. The molecule has 1 aromatic heterocycles. The van der Waals surface area contributed by atoms with Gasteiger partial charge in [0.25, 0.3) is 11.8 Å². The monoisotopic (exact) mass is 707 g/mol. The van der Waals surface area contributed by atoms with Crippen molar-refractivity contribution >= 4 is 52.7 Å². The third-order valence-electron chi connectivity index (χ3n) is 7.70. The molecule has 2 heterocycles. The van der Waals surface area contributed by atoms with Crippen LogP contribution in [0.15, 0.2) is 54.9 Å². The molecule has 2 aromatic carbocycles. The quantitative estimate of drug-likeness (QED) is 0.177. The van der Waals surface area contributed by atoms with Gasteiger partial charge >= 0.3 is 12.6 Å². The van der Waals surface area contributed by atoms with Crippen molar-refractivity contribution in [1.82, 2.24) is 14.8 Å². The Morgan fingerprint density at radius 1 is 1.04 bits per heavy atom. The van der Waals surface area contributed by atoms with Crippen molar-refractivity contribution in [2.45, 2.75) is 43.8 Å². The summed E-state index contributed by atoms with van der Waals surface area (Å²) in [6.07, 6.45) is 3.80. The maximum Gasteiger partial charge on any atom is 0.387 e. The van der Waals surface area contributed by atoms with E-state index in [-0.39, 0.29) is 46.2 Å². The number of nitrogens with zero attached hydrogens (tertiary/aromatic N) is 3. The molecule has 47 heavy (non-hydrogen) atoms. The van der Waals surface area contributed by atoms with E-state index in [0.29, 0.717) is 47.1 Å². The Balaban J connectivity index is 1.37. The molecule has 1 saturated heterocycles. The van der Waals surface area contributed by atoms with Crippen molar-refractivity contribution in [3.05, 3.63) is 87.2 Å². The fourth-order valence-electron chi connectivity index (χ4n) is 5.05. The lowest BCUT2D eigenvalue weighted by molar-refractivity contribution is -0.149. The Morgan fingerprint density at radius 3 is 2.45 bits per heavy atom. The summed E-state index contributed by atoms with van der Waals surface area (Å²) in [5, 5.41) is 0.00947. The van der Waals surface area contributed by atoms with E-state index in [1.807, 2.05) is 0 Å². The van der Waals surface area contributed by atoms with Crippen molar-refractivity contribution in [3.63, 3.8) is 0 Å². The van der Waals surface area contributed by atoms with E-state index < -0.39 is 24.1 Å². The number of carbonyl (C=O) groups is 3. The first kappa shape index (κ1) is 34.7. The first-order valence-corrected chi connectivity index (χ1v) is 16.7. The van der Waals surface area contributed by atoms with Crippen LogP contribution in [0.3, 0.4) is 0 Å². The van der Waals surface area contributed by atoms with Crippen LogP contribution in [0.1, 0.15) is 57.2 Å². The Kier molecular flexibility index (Phi) is 11.5. The fourth-order valence-corrected chi connectivity index (χ4v) is 6.78. The number of hydrogen-bond acceptors (Lipinski definition) is 8. The number of pyridine rings is 1. The van der Waals surface area contributed by atoms with Crippen LogP contribution in [0.2, 0.25) is 10.0 Å². The molecule has 1 saturated carbocycles. The fraction of sp³-hybridized carbons (Fsp3) is 0.394. The molecule has 2 aliphatic rings. The second-order valence-corrected chi connectivity index (χ2v) is 13.5. The van der Waals surface area contributed by atoms with Gasteiger partial charge in [-0.3, -0.25) is 19.4 Å². The molecule has 0 radical (unpaired) electrons. The maximum atomic E-state index is 13.5. The van der Waals surface area contributed by atoms with Crippen LogP contribution in [-0.2, 0) is 16.0 Å². The molecule has 0 spiro atoms. The molecule has 2 atom stereocenters. The van der Waals surface area contributed by atoms with Crippen LogP contribution in [0.4, 0.5) is 8.78 Å². The number of carbonyl (C=O) groups excluding carboxylic acids is 3. The van der Waals surface area contributed by atoms with E-state index in [1.54, 1.807) is 43.3 Å². The standard InChI is InChI=1S/C33H33Cl2F2N3O6S/c1-39(2)31(42)21-4-3-5-22(12-21)32(43)40-10-11-47-29(40)15-30(41)45-27(14-23-24(34)16-38-17-25(23)35)20-8-9-26(46-33(36)37)28(13-20)44-18-19-6-7-19/h3-5,8-9,12-13,16-17,19,27,29,33H,6-7,10-11,14-15,18H2,1-2H3. The van der Waals surface area contributed by atoms with Gasteiger partial charge in [-0.25, -0.2) is 0 Å². The highest BCUT2D eigenvalue weighted by Gasteiger charge is 2.34. The Hall–Kier alpha value is -3.61. The summed E-state index contributed by atoms with van der Waals surface area (Å²) < 4.78 is 42.9. The van der Waals surface area contributed by atoms with Gasteiger partial charge in [-0.15, -0.1) is 11.8 Å². The van der Waals surface area contributed by atoms with Gasteiger partial charge in [-0.05, 0) is 60.2 Å². The van der Waals surface area contributed by atoms with Crippen LogP contribution in [-0.4, -0.2) is 77.6 Å². The van der Waals surface area contributed by atoms with Gasteiger partial charge in [0.15, 0.2) is 11.5 Å². The Morgan fingerprint density at radius 2 is 1.77 bits per heavy atom. The number of thioether (sulfide) groups is 1. The second-order valence-electron chi connectivity index (χ2n) is 11.4. The molecule has 9 nitrogen and oxygen atoms in total. The van der Waals surface area contributed by atoms with Gasteiger partial charge in [0, 0.05) is 56.3 Å². The lowest BCUT2D eigenvalue weighted by atomic mass is 10.0. The average Bonchev–Trinajstić information content (AvgIpc) is 3.76. The Labute approximate surface area is 285 Å². The lowest BCUT2D eigenvalue weighted by Gasteiger charge is -2.25. The normalized spacial score (nSPS) is 16.6. The summed E-state index contributed by atoms with van der Waals surface area (Å²) in [5.41, 5.74) is 1.64. The molecule has 5 rings (SSSR count). The van der Waals surface area contributed by atoms with Crippen LogP contribution in [0, 0.1) is 5.92 Å². The Bertz CT molecular complexity index is 1610. The minimum Gasteiger partial charge on any atom is -0.489 e. The minimum absolute atomic E-state index is 0.0518. The highest BCUT2D eigenvalue weighted by Crippen LogP contribution is 2.38. The molecule has 2 amide bonds. The molecule has 2 unspecified atom stereocenters. The third-order valence-corrected chi connectivity index (χ3v) is 9.57. The highest BCUT2D eigenvalue weighted by molar-refractivity contribution is 8.00.